The summed E-state index contributed by atoms with van der Waals surface area (Å²) >= 11 is 0. The van der Waals surface area contributed by atoms with Crippen molar-refractivity contribution in [3.8, 4) is 0 Å². The van der Waals surface area contributed by atoms with Crippen molar-refractivity contribution in [2.45, 2.75) is 45.7 Å². The lowest BCUT2D eigenvalue weighted by Crippen LogP contribution is -2.41. The standard InChI is InChI=1S/C13H28N2O/c1-11(2)15(9-13-5-6-13)8-7-14-12(3)10-16-4/h11-14H,5-10H2,1-4H3. The van der Waals surface area contributed by atoms with Crippen LogP contribution in [0.3, 0.4) is 0 Å². The van der Waals surface area contributed by atoms with Crippen LogP contribution in [0, 0.1) is 5.92 Å². The average Bonchev–Trinajstić information content (AvgIpc) is 3.00. The zero-order chi connectivity index (χ0) is 12.0. The second-order valence-electron chi connectivity index (χ2n) is 5.34. The molecular weight excluding hydrogens is 200 g/mol. The molecule has 0 bridgehead atoms. The smallest absolute Gasteiger partial charge is 0.0613 e. The molecule has 0 radical (unpaired) electrons. The fourth-order valence-corrected chi connectivity index (χ4v) is 1.96. The molecule has 0 aromatic carbocycles. The molecule has 1 atom stereocenters. The molecule has 0 saturated heterocycles. The third-order valence-corrected chi connectivity index (χ3v) is 3.23. The molecule has 3 heteroatoms. The average molecular weight is 228 g/mol. The molecule has 0 aliphatic heterocycles. The summed E-state index contributed by atoms with van der Waals surface area (Å²) in [4.78, 5) is 2.59. The van der Waals surface area contributed by atoms with Gasteiger partial charge in [0.25, 0.3) is 0 Å². The van der Waals surface area contributed by atoms with Crippen molar-refractivity contribution in [1.82, 2.24) is 10.2 Å². The first-order chi connectivity index (χ1) is 7.63. The molecule has 96 valence electrons. The molecule has 0 heterocycles. The predicted molar refractivity (Wildman–Crippen MR) is 68.8 cm³/mol. The minimum Gasteiger partial charge on any atom is -0.383 e. The molecule has 1 fully saturated rings. The van der Waals surface area contributed by atoms with Gasteiger partial charge in [0.15, 0.2) is 0 Å². The minimum absolute atomic E-state index is 0.458. The monoisotopic (exact) mass is 228 g/mol. The van der Waals surface area contributed by atoms with Crippen LogP contribution in [0.1, 0.15) is 33.6 Å². The van der Waals surface area contributed by atoms with Gasteiger partial charge in [-0.3, -0.25) is 4.90 Å². The Hall–Kier alpha value is -0.120. The Morgan fingerprint density at radius 2 is 2.00 bits per heavy atom. The van der Waals surface area contributed by atoms with Gasteiger partial charge in [-0.25, -0.2) is 0 Å². The van der Waals surface area contributed by atoms with E-state index in [4.69, 9.17) is 4.74 Å². The number of hydrogen-bond acceptors (Lipinski definition) is 3. The van der Waals surface area contributed by atoms with Crippen LogP contribution in [-0.4, -0.2) is 50.3 Å². The van der Waals surface area contributed by atoms with Crippen LogP contribution in [0.5, 0.6) is 0 Å². The molecule has 0 aromatic rings. The summed E-state index contributed by atoms with van der Waals surface area (Å²) in [5.74, 6) is 0.985. The Morgan fingerprint density at radius 3 is 2.50 bits per heavy atom. The fourth-order valence-electron chi connectivity index (χ4n) is 1.96. The lowest BCUT2D eigenvalue weighted by atomic mass is 10.2. The fraction of sp³-hybridized carbons (Fsp3) is 1.00. The third-order valence-electron chi connectivity index (χ3n) is 3.23. The van der Waals surface area contributed by atoms with Crippen LogP contribution in [0.2, 0.25) is 0 Å². The summed E-state index contributed by atoms with van der Waals surface area (Å²) in [5.41, 5.74) is 0. The van der Waals surface area contributed by atoms with E-state index in [1.54, 1.807) is 7.11 Å². The topological polar surface area (TPSA) is 24.5 Å². The molecule has 1 N–H and O–H groups in total. The van der Waals surface area contributed by atoms with Gasteiger partial charge in [0.1, 0.15) is 0 Å². The van der Waals surface area contributed by atoms with Gasteiger partial charge in [-0.15, -0.1) is 0 Å². The zero-order valence-electron chi connectivity index (χ0n) is 11.3. The molecule has 1 unspecified atom stereocenters. The van der Waals surface area contributed by atoms with Crippen molar-refractivity contribution in [2.75, 3.05) is 33.4 Å². The lowest BCUT2D eigenvalue weighted by molar-refractivity contribution is 0.164. The number of nitrogens with zero attached hydrogens (tertiary/aromatic N) is 1. The predicted octanol–water partition coefficient (Wildman–Crippen LogP) is 1.73. The Kier molecular flexibility index (Phi) is 6.32. The first kappa shape index (κ1) is 13.9. The Bertz CT molecular complexity index is 181. The van der Waals surface area contributed by atoms with Crippen LogP contribution in [0.15, 0.2) is 0 Å². The van der Waals surface area contributed by atoms with E-state index < -0.39 is 0 Å². The third kappa shape index (κ3) is 5.83. The van der Waals surface area contributed by atoms with E-state index in [2.05, 4.69) is 31.0 Å². The van der Waals surface area contributed by atoms with Crippen molar-refractivity contribution < 1.29 is 4.74 Å². The summed E-state index contributed by atoms with van der Waals surface area (Å²) in [6.07, 6.45) is 2.88. The van der Waals surface area contributed by atoms with E-state index in [0.29, 0.717) is 12.1 Å². The van der Waals surface area contributed by atoms with E-state index in [0.717, 1.165) is 25.6 Å². The summed E-state index contributed by atoms with van der Waals surface area (Å²) in [7, 11) is 1.76. The van der Waals surface area contributed by atoms with Crippen LogP contribution in [0.4, 0.5) is 0 Å². The second kappa shape index (κ2) is 7.25. The van der Waals surface area contributed by atoms with E-state index in [-0.39, 0.29) is 0 Å². The summed E-state index contributed by atoms with van der Waals surface area (Å²) in [6, 6.07) is 1.13. The lowest BCUT2D eigenvalue weighted by Gasteiger charge is -2.27. The quantitative estimate of drug-likeness (QED) is 0.650. The summed E-state index contributed by atoms with van der Waals surface area (Å²) in [6.45, 7) is 11.1. The number of nitrogens with one attached hydrogen (secondary N) is 1. The number of methoxy groups -OCH3 is 1. The second-order valence-corrected chi connectivity index (χ2v) is 5.34. The van der Waals surface area contributed by atoms with Crippen molar-refractivity contribution >= 4 is 0 Å². The van der Waals surface area contributed by atoms with Crippen molar-refractivity contribution in [3.05, 3.63) is 0 Å². The Morgan fingerprint density at radius 1 is 1.31 bits per heavy atom. The minimum atomic E-state index is 0.458. The molecule has 16 heavy (non-hydrogen) atoms. The van der Waals surface area contributed by atoms with Crippen LogP contribution < -0.4 is 5.32 Å². The number of ether oxygens (including phenoxy) is 1. The Balaban J connectivity index is 2.11. The summed E-state index contributed by atoms with van der Waals surface area (Å²) < 4.78 is 5.11. The number of rotatable bonds is 9. The molecule has 0 spiro atoms. The van der Waals surface area contributed by atoms with Crippen molar-refractivity contribution in [2.24, 2.45) is 5.92 Å². The molecule has 1 aliphatic carbocycles. The first-order valence-electron chi connectivity index (χ1n) is 6.59. The van der Waals surface area contributed by atoms with Crippen LogP contribution >= 0.6 is 0 Å². The summed E-state index contributed by atoms with van der Waals surface area (Å²) in [5, 5.41) is 3.50. The van der Waals surface area contributed by atoms with E-state index in [1.165, 1.54) is 19.4 Å². The highest BCUT2D eigenvalue weighted by molar-refractivity contribution is 4.79. The highest BCUT2D eigenvalue weighted by Gasteiger charge is 2.25. The maximum atomic E-state index is 5.11. The first-order valence-corrected chi connectivity index (χ1v) is 6.59. The molecule has 0 amide bonds. The maximum Gasteiger partial charge on any atom is 0.0613 e. The van der Waals surface area contributed by atoms with Crippen LogP contribution in [-0.2, 0) is 4.74 Å². The maximum absolute atomic E-state index is 5.11. The van der Waals surface area contributed by atoms with Gasteiger partial charge in [0, 0.05) is 38.8 Å². The zero-order valence-corrected chi connectivity index (χ0v) is 11.3. The van der Waals surface area contributed by atoms with Gasteiger partial charge in [-0.1, -0.05) is 0 Å². The molecule has 1 saturated carbocycles. The van der Waals surface area contributed by atoms with Crippen LogP contribution in [0.25, 0.3) is 0 Å². The molecule has 0 aromatic heterocycles. The van der Waals surface area contributed by atoms with E-state index >= 15 is 0 Å². The normalized spacial score (nSPS) is 18.4. The van der Waals surface area contributed by atoms with Crippen molar-refractivity contribution in [3.63, 3.8) is 0 Å². The van der Waals surface area contributed by atoms with Gasteiger partial charge >= 0.3 is 0 Å². The SMILES string of the molecule is COCC(C)NCCN(CC1CC1)C(C)C. The molecule has 1 aliphatic rings. The highest BCUT2D eigenvalue weighted by atomic mass is 16.5. The van der Waals surface area contributed by atoms with Gasteiger partial charge in [0.05, 0.1) is 6.61 Å². The number of hydrogen-bond donors (Lipinski definition) is 1. The highest BCUT2D eigenvalue weighted by Crippen LogP contribution is 2.30. The van der Waals surface area contributed by atoms with Crippen molar-refractivity contribution in [1.29, 1.82) is 0 Å². The largest absolute Gasteiger partial charge is 0.383 e. The van der Waals surface area contributed by atoms with Gasteiger partial charge in [-0.05, 0) is 39.5 Å². The van der Waals surface area contributed by atoms with E-state index in [9.17, 15) is 0 Å². The molecular formula is C13H28N2O. The Labute approximate surface area is 101 Å². The van der Waals surface area contributed by atoms with E-state index in [1.807, 2.05) is 0 Å². The molecule has 1 rings (SSSR count). The van der Waals surface area contributed by atoms with Gasteiger partial charge in [-0.2, -0.15) is 0 Å². The molecule has 3 nitrogen and oxygen atoms in total. The van der Waals surface area contributed by atoms with Gasteiger partial charge < -0.3 is 10.1 Å². The van der Waals surface area contributed by atoms with Gasteiger partial charge in [0.2, 0.25) is 0 Å².